The topological polar surface area (TPSA) is 119 Å². The second kappa shape index (κ2) is 13.3. The molecule has 10 heteroatoms. The lowest BCUT2D eigenvalue weighted by Crippen LogP contribution is -2.42. The van der Waals surface area contributed by atoms with Crippen LogP contribution in [0.1, 0.15) is 39.7 Å². The van der Waals surface area contributed by atoms with E-state index >= 15 is 0 Å². The summed E-state index contributed by atoms with van der Waals surface area (Å²) >= 11 is 0. The number of carbonyl (C=O) groups excluding carboxylic acids is 1. The number of anilines is 1. The minimum absolute atomic E-state index is 0.00779. The monoisotopic (exact) mass is 571 g/mol. The molecular weight excluding hydrogens is 538 g/mol. The Balaban J connectivity index is 0.000000483. The number of H-pyrrole nitrogens is 1. The molecule has 0 aliphatic carbocycles. The van der Waals surface area contributed by atoms with Crippen LogP contribution in [-0.2, 0) is 27.8 Å². The maximum absolute atomic E-state index is 13.8. The lowest BCUT2D eigenvalue weighted by molar-refractivity contribution is 0.0596. The van der Waals surface area contributed by atoms with E-state index in [4.69, 9.17) is 4.74 Å². The highest BCUT2D eigenvalue weighted by Gasteiger charge is 2.33. The lowest BCUT2D eigenvalue weighted by Gasteiger charge is -2.36. The van der Waals surface area contributed by atoms with Crippen LogP contribution < -0.4 is 4.90 Å². The largest absolute Gasteiger partial charge is 0.465 e. The Labute approximate surface area is 241 Å². The summed E-state index contributed by atoms with van der Waals surface area (Å²) in [6.45, 7) is 5.53. The van der Waals surface area contributed by atoms with Crippen LogP contribution in [-0.4, -0.2) is 48.9 Å². The number of sulfonamides is 1. The molecule has 1 aromatic heterocycles. The minimum atomic E-state index is -4.04. The maximum atomic E-state index is 13.8. The fraction of sp³-hybridized carbons (Fsp3) is 0.258. The van der Waals surface area contributed by atoms with Crippen LogP contribution in [0.4, 0.5) is 5.69 Å². The second-order valence-corrected chi connectivity index (χ2v) is 11.9. The van der Waals surface area contributed by atoms with Gasteiger partial charge in [-0.15, -0.1) is 0 Å². The van der Waals surface area contributed by atoms with Crippen LogP contribution in [0, 0.1) is 24.2 Å². The number of nitrogens with one attached hydrogen (secondary N) is 1. The van der Waals surface area contributed by atoms with Crippen molar-refractivity contribution >= 4 is 21.7 Å². The van der Waals surface area contributed by atoms with Gasteiger partial charge in [0.15, 0.2) is 0 Å². The average molecular weight is 572 g/mol. The highest BCUT2D eigenvalue weighted by molar-refractivity contribution is 7.89. The van der Waals surface area contributed by atoms with Crippen molar-refractivity contribution in [3.63, 3.8) is 0 Å². The molecule has 2 heterocycles. The number of ether oxygens (including phenoxy) is 1. The molecule has 0 spiro atoms. The first-order valence-electron chi connectivity index (χ1n) is 13.2. The Kier molecular flexibility index (Phi) is 9.55. The number of nitrogens with zero attached hydrogens (tertiary/aromatic N) is 4. The Bertz CT molecular complexity index is 1620. The fourth-order valence-corrected chi connectivity index (χ4v) is 6.50. The number of hydrogen-bond donors (Lipinski definition) is 1. The number of nitriles is 1. The van der Waals surface area contributed by atoms with Gasteiger partial charge in [-0.2, -0.15) is 9.57 Å². The molecule has 1 aliphatic heterocycles. The summed E-state index contributed by atoms with van der Waals surface area (Å²) in [5.74, 6) is -0.732. The van der Waals surface area contributed by atoms with E-state index in [1.54, 1.807) is 36.8 Å². The number of rotatable bonds is 5. The van der Waals surface area contributed by atoms with Crippen LogP contribution in [0.2, 0.25) is 0 Å². The van der Waals surface area contributed by atoms with Gasteiger partial charge in [0, 0.05) is 31.5 Å². The molecule has 1 atom stereocenters. The smallest absolute Gasteiger partial charge is 0.339 e. The fourth-order valence-electron chi connectivity index (χ4n) is 4.78. The van der Waals surface area contributed by atoms with Gasteiger partial charge in [0.2, 0.25) is 10.0 Å². The SMILES string of the molecule is COC(=O)c1ccccc1S(=O)(=O)N1Cc2cc(C#N)ccc2N(Cc2cnc[nH]2)C[C@@H](C)C1.Cc1ccccc1. The van der Waals surface area contributed by atoms with Gasteiger partial charge in [-0.1, -0.05) is 55.0 Å². The van der Waals surface area contributed by atoms with Crippen molar-refractivity contribution in [2.45, 2.75) is 31.8 Å². The predicted molar refractivity (Wildman–Crippen MR) is 157 cm³/mol. The van der Waals surface area contributed by atoms with Gasteiger partial charge < -0.3 is 14.6 Å². The summed E-state index contributed by atoms with van der Waals surface area (Å²) in [6.07, 6.45) is 3.38. The zero-order valence-electron chi connectivity index (χ0n) is 23.3. The van der Waals surface area contributed by atoms with Crippen LogP contribution >= 0.6 is 0 Å². The molecule has 0 saturated heterocycles. The van der Waals surface area contributed by atoms with Crippen LogP contribution in [0.5, 0.6) is 0 Å². The number of aryl methyl sites for hydroxylation is 1. The predicted octanol–water partition coefficient (Wildman–Crippen LogP) is 4.91. The number of aromatic nitrogens is 2. The summed E-state index contributed by atoms with van der Waals surface area (Å²) in [4.78, 5) is 21.5. The Morgan fingerprint density at radius 2 is 1.83 bits per heavy atom. The zero-order chi connectivity index (χ0) is 29.4. The number of fused-ring (bicyclic) bond motifs is 1. The zero-order valence-corrected chi connectivity index (χ0v) is 24.1. The normalized spacial score (nSPS) is 15.4. The number of carbonyl (C=O) groups is 1. The van der Waals surface area contributed by atoms with Crippen LogP contribution in [0.3, 0.4) is 0 Å². The van der Waals surface area contributed by atoms with E-state index in [1.165, 1.54) is 29.1 Å². The van der Waals surface area contributed by atoms with Gasteiger partial charge in [-0.05, 0) is 48.7 Å². The first kappa shape index (κ1) is 29.5. The molecular formula is C31H33N5O4S. The third kappa shape index (κ3) is 7.20. The Morgan fingerprint density at radius 3 is 2.46 bits per heavy atom. The molecule has 9 nitrogen and oxygen atoms in total. The third-order valence-corrected chi connectivity index (χ3v) is 8.58. The maximum Gasteiger partial charge on any atom is 0.339 e. The van der Waals surface area contributed by atoms with Crippen molar-refractivity contribution in [2.75, 3.05) is 25.1 Å². The average Bonchev–Trinajstić information content (AvgIpc) is 3.49. The number of methoxy groups -OCH3 is 1. The van der Waals surface area contributed by atoms with E-state index in [9.17, 15) is 18.5 Å². The van der Waals surface area contributed by atoms with Crippen molar-refractivity contribution in [3.05, 3.63) is 113 Å². The summed E-state index contributed by atoms with van der Waals surface area (Å²) in [5.41, 5.74) is 4.25. The summed E-state index contributed by atoms with van der Waals surface area (Å²) < 4.78 is 33.7. The molecule has 5 rings (SSSR count). The number of imidazole rings is 1. The highest BCUT2D eigenvalue weighted by atomic mass is 32.2. The summed E-state index contributed by atoms with van der Waals surface area (Å²) in [7, 11) is -2.81. The molecule has 1 aliphatic rings. The number of hydrogen-bond acceptors (Lipinski definition) is 7. The lowest BCUT2D eigenvalue weighted by atomic mass is 10.0. The second-order valence-electron chi connectivity index (χ2n) is 9.96. The van der Waals surface area contributed by atoms with Gasteiger partial charge in [0.25, 0.3) is 0 Å². The highest BCUT2D eigenvalue weighted by Crippen LogP contribution is 2.32. The van der Waals surface area contributed by atoms with Gasteiger partial charge in [0.1, 0.15) is 0 Å². The molecule has 0 amide bonds. The van der Waals surface area contributed by atoms with Crippen molar-refractivity contribution in [1.29, 1.82) is 5.26 Å². The minimum Gasteiger partial charge on any atom is -0.465 e. The number of benzene rings is 3. The first-order chi connectivity index (χ1) is 19.7. The first-order valence-corrected chi connectivity index (χ1v) is 14.6. The van der Waals surface area contributed by atoms with E-state index in [-0.39, 0.29) is 29.5 Å². The molecule has 212 valence electrons. The van der Waals surface area contributed by atoms with E-state index < -0.39 is 16.0 Å². The van der Waals surface area contributed by atoms with Crippen LogP contribution in [0.25, 0.3) is 0 Å². The van der Waals surface area contributed by atoms with Gasteiger partial charge in [-0.25, -0.2) is 18.2 Å². The van der Waals surface area contributed by atoms with Gasteiger partial charge in [0.05, 0.1) is 47.8 Å². The standard InChI is InChI=1S/C24H25N5O4S.C7H8/c1-17-12-28(15-20-11-26-16-27-20)22-8-7-18(10-25)9-19(22)14-29(13-17)34(31,32)23-6-4-3-5-21(23)24(30)33-2;1-7-5-3-2-4-6-7/h3-9,11,16-17H,12-15H2,1-2H3,(H,26,27);2-6H,1H3/t17-;/m1./s1. The Morgan fingerprint density at radius 1 is 1.10 bits per heavy atom. The van der Waals surface area contributed by atoms with Crippen molar-refractivity contribution in [1.82, 2.24) is 14.3 Å². The van der Waals surface area contributed by atoms with Crippen LogP contribution in [0.15, 0.2) is 90.2 Å². The van der Waals surface area contributed by atoms with Gasteiger partial charge >= 0.3 is 5.97 Å². The molecule has 3 aromatic carbocycles. The van der Waals surface area contributed by atoms with Crippen molar-refractivity contribution in [3.8, 4) is 6.07 Å². The van der Waals surface area contributed by atoms with E-state index in [0.29, 0.717) is 24.2 Å². The molecule has 41 heavy (non-hydrogen) atoms. The Hall–Kier alpha value is -4.46. The molecule has 0 fully saturated rings. The molecule has 0 radical (unpaired) electrons. The van der Waals surface area contributed by atoms with E-state index in [1.807, 2.05) is 31.2 Å². The molecule has 1 N–H and O–H groups in total. The summed E-state index contributed by atoms with van der Waals surface area (Å²) in [6, 6.07) is 23.8. The molecule has 0 unspecified atom stereocenters. The summed E-state index contributed by atoms with van der Waals surface area (Å²) in [5, 5.41) is 9.45. The van der Waals surface area contributed by atoms with Gasteiger partial charge in [-0.3, -0.25) is 0 Å². The molecule has 4 aromatic rings. The third-order valence-electron chi connectivity index (χ3n) is 6.71. The van der Waals surface area contributed by atoms with E-state index in [2.05, 4.69) is 40.0 Å². The van der Waals surface area contributed by atoms with Crippen molar-refractivity contribution < 1.29 is 17.9 Å². The molecule has 0 saturated carbocycles. The quantitative estimate of drug-likeness (QED) is 0.338. The number of esters is 1. The molecule has 0 bridgehead atoms. The number of aromatic amines is 1. The van der Waals surface area contributed by atoms with E-state index in [0.717, 1.165) is 11.4 Å². The van der Waals surface area contributed by atoms with Crippen molar-refractivity contribution in [2.24, 2.45) is 5.92 Å².